The smallest absolute Gasteiger partial charge is 0.0683 e. The minimum Gasteiger partial charge on any atom is -0.376 e. The number of hydrogen-bond acceptors (Lipinski definition) is 1. The molecule has 1 heterocycles. The zero-order valence-electron chi connectivity index (χ0n) is 13.5. The fourth-order valence-corrected chi connectivity index (χ4v) is 2.99. The second-order valence-electron chi connectivity index (χ2n) is 6.15. The molecular weight excluding hydrogens is 244 g/mol. The van der Waals surface area contributed by atoms with E-state index in [9.17, 15) is 0 Å². The molecule has 0 aromatic carbocycles. The van der Waals surface area contributed by atoms with E-state index in [0.717, 1.165) is 26.1 Å². The van der Waals surface area contributed by atoms with Gasteiger partial charge in [0.1, 0.15) is 0 Å². The molecule has 0 aromatic heterocycles. The summed E-state index contributed by atoms with van der Waals surface area (Å²) in [6, 6.07) is 0. The molecule has 1 fully saturated rings. The van der Waals surface area contributed by atoms with E-state index in [1.54, 1.807) is 11.1 Å². The molecule has 1 heteroatoms. The minimum absolute atomic E-state index is 0.619. The van der Waals surface area contributed by atoms with Crippen molar-refractivity contribution in [3.8, 4) is 0 Å². The van der Waals surface area contributed by atoms with Gasteiger partial charge in [0.25, 0.3) is 0 Å². The van der Waals surface area contributed by atoms with E-state index >= 15 is 0 Å². The molecule has 0 saturated carbocycles. The summed E-state index contributed by atoms with van der Waals surface area (Å²) in [5.41, 5.74) is 4.46. The molecule has 0 bridgehead atoms. The molecule has 1 atom stereocenters. The van der Waals surface area contributed by atoms with Gasteiger partial charge in [0.15, 0.2) is 0 Å². The van der Waals surface area contributed by atoms with Gasteiger partial charge in [0.2, 0.25) is 0 Å². The van der Waals surface area contributed by atoms with Crippen molar-refractivity contribution in [3.05, 3.63) is 36.0 Å². The third-order valence-electron chi connectivity index (χ3n) is 4.09. The Kier molecular flexibility index (Phi) is 8.60. The zero-order valence-corrected chi connectivity index (χ0v) is 13.5. The van der Waals surface area contributed by atoms with Gasteiger partial charge in [-0.05, 0) is 44.6 Å². The lowest BCUT2D eigenvalue weighted by atomic mass is 9.88. The molecule has 114 valence electrons. The highest BCUT2D eigenvalue weighted by atomic mass is 16.5. The molecule has 0 amide bonds. The summed E-state index contributed by atoms with van der Waals surface area (Å²) in [6.45, 7) is 14.1. The van der Waals surface area contributed by atoms with Crippen LogP contribution in [0.1, 0.15) is 65.2 Å². The summed E-state index contributed by atoms with van der Waals surface area (Å²) >= 11 is 0. The third kappa shape index (κ3) is 6.09. The topological polar surface area (TPSA) is 9.23 Å². The van der Waals surface area contributed by atoms with Gasteiger partial charge in [-0.15, -0.1) is 6.58 Å². The van der Waals surface area contributed by atoms with Gasteiger partial charge < -0.3 is 4.74 Å². The fraction of sp³-hybridized carbons (Fsp3) is 0.684. The van der Waals surface area contributed by atoms with E-state index in [4.69, 9.17) is 4.74 Å². The lowest BCUT2D eigenvalue weighted by Crippen LogP contribution is -2.05. The molecule has 1 saturated heterocycles. The van der Waals surface area contributed by atoms with Crippen molar-refractivity contribution in [2.45, 2.75) is 65.2 Å². The van der Waals surface area contributed by atoms with Gasteiger partial charge in [-0.25, -0.2) is 0 Å². The molecule has 1 aliphatic heterocycles. The van der Waals surface area contributed by atoms with E-state index in [1.165, 1.54) is 44.1 Å². The van der Waals surface area contributed by atoms with Crippen LogP contribution in [0.5, 0.6) is 0 Å². The predicted octanol–water partition coefficient (Wildman–Crippen LogP) is 5.83. The summed E-state index contributed by atoms with van der Waals surface area (Å²) in [4.78, 5) is 0. The van der Waals surface area contributed by atoms with Crippen LogP contribution in [0.3, 0.4) is 0 Å². The first kappa shape index (κ1) is 17.2. The first-order valence-electron chi connectivity index (χ1n) is 8.22. The van der Waals surface area contributed by atoms with Crippen LogP contribution in [0, 0.1) is 5.92 Å². The highest BCUT2D eigenvalue weighted by Gasteiger charge is 2.24. The average Bonchev–Trinajstić information content (AvgIpc) is 2.87. The second kappa shape index (κ2) is 9.99. The van der Waals surface area contributed by atoms with Crippen molar-refractivity contribution in [1.29, 1.82) is 0 Å². The number of allylic oxidation sites excluding steroid dienone is 3. The van der Waals surface area contributed by atoms with E-state index in [1.807, 2.05) is 6.08 Å². The summed E-state index contributed by atoms with van der Waals surface area (Å²) < 4.78 is 5.73. The molecule has 0 spiro atoms. The Hall–Kier alpha value is -0.820. The molecule has 0 aromatic rings. The highest BCUT2D eigenvalue weighted by Crippen LogP contribution is 2.32. The molecule has 20 heavy (non-hydrogen) atoms. The summed E-state index contributed by atoms with van der Waals surface area (Å²) in [5.74, 6) is 0.619. The van der Waals surface area contributed by atoms with Crippen molar-refractivity contribution >= 4 is 0 Å². The first-order valence-corrected chi connectivity index (χ1v) is 8.22. The highest BCUT2D eigenvalue weighted by molar-refractivity contribution is 5.24. The van der Waals surface area contributed by atoms with Gasteiger partial charge in [0, 0.05) is 5.92 Å². The SMILES string of the molecule is C=CCCC1COC/C1=C(\CCCCCC)CC(=C)C. The number of ether oxygens (including phenoxy) is 1. The monoisotopic (exact) mass is 276 g/mol. The molecule has 1 aliphatic rings. The van der Waals surface area contributed by atoms with Crippen LogP contribution in [-0.2, 0) is 4.74 Å². The number of rotatable bonds is 10. The Morgan fingerprint density at radius 3 is 2.80 bits per heavy atom. The molecule has 1 rings (SSSR count). The van der Waals surface area contributed by atoms with E-state index in [2.05, 4.69) is 27.0 Å². The average molecular weight is 276 g/mol. The van der Waals surface area contributed by atoms with Crippen LogP contribution in [0.15, 0.2) is 36.0 Å². The normalized spacial score (nSPS) is 21.0. The molecule has 0 radical (unpaired) electrons. The fourth-order valence-electron chi connectivity index (χ4n) is 2.99. The van der Waals surface area contributed by atoms with Crippen molar-refractivity contribution in [3.63, 3.8) is 0 Å². The van der Waals surface area contributed by atoms with Crippen LogP contribution in [0.4, 0.5) is 0 Å². The van der Waals surface area contributed by atoms with E-state index in [-0.39, 0.29) is 0 Å². The van der Waals surface area contributed by atoms with Crippen LogP contribution in [-0.4, -0.2) is 13.2 Å². The van der Waals surface area contributed by atoms with Crippen molar-refractivity contribution in [1.82, 2.24) is 0 Å². The van der Waals surface area contributed by atoms with Crippen molar-refractivity contribution in [2.24, 2.45) is 5.92 Å². The van der Waals surface area contributed by atoms with Crippen LogP contribution >= 0.6 is 0 Å². The first-order chi connectivity index (χ1) is 9.69. The zero-order chi connectivity index (χ0) is 14.8. The van der Waals surface area contributed by atoms with Gasteiger partial charge in [-0.1, -0.05) is 50.0 Å². The van der Waals surface area contributed by atoms with E-state index < -0.39 is 0 Å². The van der Waals surface area contributed by atoms with Crippen molar-refractivity contribution < 1.29 is 4.74 Å². The molecule has 1 unspecified atom stereocenters. The maximum absolute atomic E-state index is 5.73. The van der Waals surface area contributed by atoms with E-state index in [0.29, 0.717) is 5.92 Å². The lowest BCUT2D eigenvalue weighted by Gasteiger charge is -2.16. The molecular formula is C19H32O. The maximum Gasteiger partial charge on any atom is 0.0683 e. The Balaban J connectivity index is 2.68. The summed E-state index contributed by atoms with van der Waals surface area (Å²) in [7, 11) is 0. The predicted molar refractivity (Wildman–Crippen MR) is 89.0 cm³/mol. The van der Waals surface area contributed by atoms with Crippen molar-refractivity contribution in [2.75, 3.05) is 13.2 Å². The molecule has 1 nitrogen and oxygen atoms in total. The van der Waals surface area contributed by atoms with Crippen LogP contribution in [0.2, 0.25) is 0 Å². The minimum atomic E-state index is 0.619. The largest absolute Gasteiger partial charge is 0.376 e. The Morgan fingerprint density at radius 2 is 2.15 bits per heavy atom. The molecule has 0 aliphatic carbocycles. The number of hydrogen-bond donors (Lipinski definition) is 0. The Bertz CT molecular complexity index is 338. The quantitative estimate of drug-likeness (QED) is 0.360. The third-order valence-corrected chi connectivity index (χ3v) is 4.09. The molecule has 0 N–H and O–H groups in total. The van der Waals surface area contributed by atoms with Gasteiger partial charge in [0.05, 0.1) is 13.2 Å². The number of unbranched alkanes of at least 4 members (excludes halogenated alkanes) is 3. The maximum atomic E-state index is 5.73. The standard InChI is InChI=1S/C19H32O/c1-5-7-9-10-12-17(13-16(3)4)19-15-20-14-18(19)11-8-6-2/h6,18H,2-3,5,7-15H2,1,4H3/b19-17-. The Labute approximate surface area is 125 Å². The lowest BCUT2D eigenvalue weighted by molar-refractivity contribution is 0.186. The van der Waals surface area contributed by atoms with Gasteiger partial charge >= 0.3 is 0 Å². The van der Waals surface area contributed by atoms with Gasteiger partial charge in [-0.2, -0.15) is 0 Å². The van der Waals surface area contributed by atoms with Gasteiger partial charge in [-0.3, -0.25) is 0 Å². The second-order valence-corrected chi connectivity index (χ2v) is 6.15. The summed E-state index contributed by atoms with van der Waals surface area (Å²) in [5, 5.41) is 0. The van der Waals surface area contributed by atoms with Crippen LogP contribution < -0.4 is 0 Å². The summed E-state index contributed by atoms with van der Waals surface area (Å²) in [6.07, 6.45) is 11.9. The van der Waals surface area contributed by atoms with Crippen LogP contribution in [0.25, 0.3) is 0 Å². The Morgan fingerprint density at radius 1 is 1.35 bits per heavy atom.